The highest BCUT2D eigenvalue weighted by atomic mass is 79.9. The molecule has 0 bridgehead atoms. The third kappa shape index (κ3) is 3.81. The van der Waals surface area contributed by atoms with Crippen molar-refractivity contribution in [3.63, 3.8) is 0 Å². The van der Waals surface area contributed by atoms with E-state index in [4.69, 9.17) is 11.6 Å². The van der Waals surface area contributed by atoms with Gasteiger partial charge in [0.15, 0.2) is 0 Å². The smallest absolute Gasteiger partial charge is 0.283 e. The lowest BCUT2D eigenvalue weighted by Gasteiger charge is -2.08. The number of anilines is 1. The molecule has 5 nitrogen and oxygen atoms in total. The number of nitrogens with one attached hydrogen (secondary N) is 1. The number of amides is 1. The van der Waals surface area contributed by atoms with Crippen LogP contribution < -0.4 is 5.32 Å². The molecule has 1 amide bonds. The van der Waals surface area contributed by atoms with Crippen LogP contribution in [0.3, 0.4) is 0 Å². The number of benzene rings is 2. The summed E-state index contributed by atoms with van der Waals surface area (Å²) in [5.41, 5.74) is 0.111. The Hall–Kier alpha value is -1.44. The maximum absolute atomic E-state index is 12.2. The summed E-state index contributed by atoms with van der Waals surface area (Å²) in [5, 5.41) is 13.8. The summed E-state index contributed by atoms with van der Waals surface area (Å²) in [5.74, 6) is -0.582. The molecule has 1 N–H and O–H groups in total. The lowest BCUT2D eigenvalue weighted by atomic mass is 10.1. The maximum atomic E-state index is 12.2. The molecule has 0 unspecified atom stereocenters. The van der Waals surface area contributed by atoms with Crippen molar-refractivity contribution >= 4 is 60.7 Å². The zero-order chi connectivity index (χ0) is 15.6. The van der Waals surface area contributed by atoms with Crippen molar-refractivity contribution in [3.8, 4) is 0 Å². The first-order valence-corrected chi connectivity index (χ1v) is 7.55. The van der Waals surface area contributed by atoms with Crippen molar-refractivity contribution in [3.05, 3.63) is 66.0 Å². The fourth-order valence-corrected chi connectivity index (χ4v) is 2.94. The highest BCUT2D eigenvalue weighted by Crippen LogP contribution is 2.28. The molecule has 2 aromatic rings. The summed E-state index contributed by atoms with van der Waals surface area (Å²) in [7, 11) is 0. The van der Waals surface area contributed by atoms with Gasteiger partial charge in [-0.3, -0.25) is 14.9 Å². The van der Waals surface area contributed by atoms with Gasteiger partial charge in [0.2, 0.25) is 0 Å². The van der Waals surface area contributed by atoms with Gasteiger partial charge in [0.25, 0.3) is 11.6 Å². The van der Waals surface area contributed by atoms with E-state index in [9.17, 15) is 14.9 Å². The number of halogens is 3. The number of rotatable bonds is 3. The first-order chi connectivity index (χ1) is 9.88. The number of hydrogen-bond donors (Lipinski definition) is 1. The molecule has 8 heteroatoms. The number of carbonyl (C=O) groups is 1. The molecule has 0 heterocycles. The van der Waals surface area contributed by atoms with Crippen molar-refractivity contribution < 1.29 is 9.72 Å². The SMILES string of the molecule is O=C(Nc1ccc(Br)cc1Br)c1ccc(Cl)cc1[N+](=O)[O-]. The van der Waals surface area contributed by atoms with E-state index in [-0.39, 0.29) is 16.3 Å². The van der Waals surface area contributed by atoms with Gasteiger partial charge in [-0.25, -0.2) is 0 Å². The molecule has 108 valence electrons. The first kappa shape index (κ1) is 15.9. The molecule has 0 aliphatic heterocycles. The second kappa shape index (κ2) is 6.55. The van der Waals surface area contributed by atoms with Gasteiger partial charge in [-0.05, 0) is 46.3 Å². The van der Waals surface area contributed by atoms with Gasteiger partial charge in [0, 0.05) is 20.0 Å². The Kier molecular flexibility index (Phi) is 4.97. The Balaban J connectivity index is 2.34. The van der Waals surface area contributed by atoms with Gasteiger partial charge >= 0.3 is 0 Å². The molecule has 0 radical (unpaired) electrons. The number of nitro groups is 1. The van der Waals surface area contributed by atoms with E-state index in [0.717, 1.165) is 10.5 Å². The van der Waals surface area contributed by atoms with Crippen molar-refractivity contribution in [2.75, 3.05) is 5.32 Å². The van der Waals surface area contributed by atoms with Crippen LogP contribution >= 0.6 is 43.5 Å². The molecular formula is C13H7Br2ClN2O3. The van der Waals surface area contributed by atoms with Crippen molar-refractivity contribution in [1.29, 1.82) is 0 Å². The Morgan fingerprint density at radius 3 is 2.52 bits per heavy atom. The van der Waals surface area contributed by atoms with Gasteiger partial charge < -0.3 is 5.32 Å². The molecular weight excluding hydrogens is 427 g/mol. The van der Waals surface area contributed by atoms with E-state index in [1.54, 1.807) is 18.2 Å². The van der Waals surface area contributed by atoms with Crippen LogP contribution in [-0.4, -0.2) is 10.8 Å². The van der Waals surface area contributed by atoms with E-state index < -0.39 is 10.8 Å². The van der Waals surface area contributed by atoms with Crippen molar-refractivity contribution in [1.82, 2.24) is 0 Å². The van der Waals surface area contributed by atoms with Crippen LogP contribution in [0.4, 0.5) is 11.4 Å². The summed E-state index contributed by atoms with van der Waals surface area (Å²) < 4.78 is 1.49. The lowest BCUT2D eigenvalue weighted by Crippen LogP contribution is -2.14. The van der Waals surface area contributed by atoms with Crippen LogP contribution in [0, 0.1) is 10.1 Å². The van der Waals surface area contributed by atoms with Crippen LogP contribution in [0.2, 0.25) is 5.02 Å². The minimum absolute atomic E-state index is 0.0563. The molecule has 0 aliphatic rings. The van der Waals surface area contributed by atoms with Crippen LogP contribution in [0.25, 0.3) is 0 Å². The zero-order valence-corrected chi connectivity index (χ0v) is 14.2. The average Bonchev–Trinajstić information content (AvgIpc) is 2.41. The number of hydrogen-bond acceptors (Lipinski definition) is 3. The average molecular weight is 434 g/mol. The van der Waals surface area contributed by atoms with Gasteiger partial charge in [-0.1, -0.05) is 27.5 Å². The zero-order valence-electron chi connectivity index (χ0n) is 10.3. The molecule has 0 saturated carbocycles. The molecule has 0 saturated heterocycles. The fourth-order valence-electron chi connectivity index (χ4n) is 1.63. The van der Waals surface area contributed by atoms with Crippen molar-refractivity contribution in [2.24, 2.45) is 0 Å². The van der Waals surface area contributed by atoms with E-state index in [1.165, 1.54) is 12.1 Å². The molecule has 0 atom stereocenters. The van der Waals surface area contributed by atoms with Gasteiger partial charge in [-0.15, -0.1) is 0 Å². The number of nitro benzene ring substituents is 1. The maximum Gasteiger partial charge on any atom is 0.283 e. The second-order valence-electron chi connectivity index (χ2n) is 4.00. The Morgan fingerprint density at radius 2 is 1.90 bits per heavy atom. The van der Waals surface area contributed by atoms with Gasteiger partial charge in [0.1, 0.15) is 5.56 Å². The highest BCUT2D eigenvalue weighted by molar-refractivity contribution is 9.11. The van der Waals surface area contributed by atoms with Gasteiger partial charge in [-0.2, -0.15) is 0 Å². The lowest BCUT2D eigenvalue weighted by molar-refractivity contribution is -0.385. The topological polar surface area (TPSA) is 72.2 Å². The summed E-state index contributed by atoms with van der Waals surface area (Å²) >= 11 is 12.3. The Labute approximate surface area is 141 Å². The van der Waals surface area contributed by atoms with Crippen LogP contribution in [0.15, 0.2) is 45.3 Å². The van der Waals surface area contributed by atoms with E-state index in [0.29, 0.717) is 10.2 Å². The highest BCUT2D eigenvalue weighted by Gasteiger charge is 2.21. The molecule has 0 spiro atoms. The van der Waals surface area contributed by atoms with E-state index in [2.05, 4.69) is 37.2 Å². The molecule has 2 aromatic carbocycles. The monoisotopic (exact) mass is 432 g/mol. The van der Waals surface area contributed by atoms with Crippen LogP contribution in [-0.2, 0) is 0 Å². The molecule has 2 rings (SSSR count). The minimum atomic E-state index is -0.641. The largest absolute Gasteiger partial charge is 0.321 e. The normalized spacial score (nSPS) is 10.2. The van der Waals surface area contributed by atoms with E-state index >= 15 is 0 Å². The van der Waals surface area contributed by atoms with Crippen LogP contribution in [0.5, 0.6) is 0 Å². The standard InChI is InChI=1S/C13H7Br2ClN2O3/c14-7-1-4-11(10(15)5-7)17-13(19)9-3-2-8(16)6-12(9)18(20)21/h1-6H,(H,17,19). The number of carbonyl (C=O) groups excluding carboxylic acids is 1. The first-order valence-electron chi connectivity index (χ1n) is 5.59. The van der Waals surface area contributed by atoms with Gasteiger partial charge in [0.05, 0.1) is 10.6 Å². The summed E-state index contributed by atoms with van der Waals surface area (Å²) in [6.07, 6.45) is 0. The molecule has 0 fully saturated rings. The third-order valence-electron chi connectivity index (χ3n) is 2.58. The molecule has 0 aliphatic carbocycles. The predicted molar refractivity (Wildman–Crippen MR) is 87.9 cm³/mol. The summed E-state index contributed by atoms with van der Waals surface area (Å²) in [6.45, 7) is 0. The quantitative estimate of drug-likeness (QED) is 0.544. The van der Waals surface area contributed by atoms with Crippen LogP contribution in [0.1, 0.15) is 10.4 Å². The predicted octanol–water partition coefficient (Wildman–Crippen LogP) is 5.03. The second-order valence-corrected chi connectivity index (χ2v) is 6.20. The number of nitrogens with zero attached hydrogens (tertiary/aromatic N) is 1. The Morgan fingerprint density at radius 1 is 1.19 bits per heavy atom. The summed E-state index contributed by atoms with van der Waals surface area (Å²) in [4.78, 5) is 22.5. The molecule has 0 aromatic heterocycles. The molecule has 21 heavy (non-hydrogen) atoms. The third-order valence-corrected chi connectivity index (χ3v) is 3.96. The fraction of sp³-hybridized carbons (Fsp3) is 0. The Bertz CT molecular complexity index is 737. The summed E-state index contributed by atoms with van der Waals surface area (Å²) in [6, 6.07) is 9.08. The van der Waals surface area contributed by atoms with E-state index in [1.807, 2.05) is 0 Å². The minimum Gasteiger partial charge on any atom is -0.321 e. The van der Waals surface area contributed by atoms with Crippen molar-refractivity contribution in [2.45, 2.75) is 0 Å².